The van der Waals surface area contributed by atoms with Crippen molar-refractivity contribution in [3.63, 3.8) is 0 Å². The van der Waals surface area contributed by atoms with Gasteiger partial charge in [0.15, 0.2) is 0 Å². The molecule has 2 N–H and O–H groups in total. The summed E-state index contributed by atoms with van der Waals surface area (Å²) in [5.41, 5.74) is 7.57. The molecule has 0 aromatic carbocycles. The number of nitrogens with zero attached hydrogens (tertiary/aromatic N) is 3. The van der Waals surface area contributed by atoms with E-state index in [2.05, 4.69) is 12.0 Å². The zero-order chi connectivity index (χ0) is 14.2. The highest BCUT2D eigenvalue weighted by atomic mass is 32.1. The SMILES string of the molecule is CCCCN(C)C(=O)c1sc2c(c(C)nn2C)c1N. The minimum Gasteiger partial charge on any atom is -0.397 e. The van der Waals surface area contributed by atoms with Crippen LogP contribution in [0.5, 0.6) is 0 Å². The van der Waals surface area contributed by atoms with Crippen LogP contribution in [-0.2, 0) is 7.05 Å². The minimum atomic E-state index is 0.00606. The highest BCUT2D eigenvalue weighted by Crippen LogP contribution is 2.35. The summed E-state index contributed by atoms with van der Waals surface area (Å²) in [7, 11) is 3.70. The molecule has 2 rings (SSSR count). The van der Waals surface area contributed by atoms with Crippen molar-refractivity contribution in [1.29, 1.82) is 0 Å². The molecule has 1 amide bonds. The lowest BCUT2D eigenvalue weighted by Crippen LogP contribution is -2.27. The number of hydrogen-bond donors (Lipinski definition) is 1. The zero-order valence-electron chi connectivity index (χ0n) is 11.9. The Morgan fingerprint density at radius 3 is 2.79 bits per heavy atom. The standard InChI is InChI=1S/C13H20N4OS/c1-5-6-7-16(3)12(18)11-10(14)9-8(2)15-17(4)13(9)19-11/h5-7,14H2,1-4H3. The number of anilines is 1. The summed E-state index contributed by atoms with van der Waals surface area (Å²) in [5.74, 6) is 0.00606. The van der Waals surface area contributed by atoms with Crippen molar-refractivity contribution in [2.24, 2.45) is 7.05 Å². The Morgan fingerprint density at radius 1 is 1.53 bits per heavy atom. The normalized spacial score (nSPS) is 11.2. The molecule has 0 unspecified atom stereocenters. The summed E-state index contributed by atoms with van der Waals surface area (Å²) < 4.78 is 1.79. The first kappa shape index (κ1) is 13.9. The number of carbonyl (C=O) groups excluding carboxylic acids is 1. The van der Waals surface area contributed by atoms with Crippen LogP contribution >= 0.6 is 11.3 Å². The van der Waals surface area contributed by atoms with E-state index < -0.39 is 0 Å². The average Bonchev–Trinajstić information content (AvgIpc) is 2.85. The molecule has 19 heavy (non-hydrogen) atoms. The van der Waals surface area contributed by atoms with Gasteiger partial charge in [-0.25, -0.2) is 0 Å². The number of thiophene rings is 1. The van der Waals surface area contributed by atoms with Crippen LogP contribution in [0, 0.1) is 6.92 Å². The fourth-order valence-electron chi connectivity index (χ4n) is 2.16. The molecule has 0 aliphatic heterocycles. The van der Waals surface area contributed by atoms with Gasteiger partial charge >= 0.3 is 0 Å². The maximum absolute atomic E-state index is 12.4. The van der Waals surface area contributed by atoms with Crippen LogP contribution in [0.4, 0.5) is 5.69 Å². The second kappa shape index (κ2) is 5.21. The van der Waals surface area contributed by atoms with Crippen molar-refractivity contribution in [2.75, 3.05) is 19.3 Å². The number of hydrogen-bond acceptors (Lipinski definition) is 4. The third-order valence-electron chi connectivity index (χ3n) is 3.27. The summed E-state index contributed by atoms with van der Waals surface area (Å²) in [5, 5.41) is 5.24. The van der Waals surface area contributed by atoms with Gasteiger partial charge in [-0.15, -0.1) is 11.3 Å². The second-order valence-electron chi connectivity index (χ2n) is 4.81. The van der Waals surface area contributed by atoms with Crippen LogP contribution < -0.4 is 5.73 Å². The van der Waals surface area contributed by atoms with Crippen LogP contribution in [0.3, 0.4) is 0 Å². The third kappa shape index (κ3) is 2.32. The van der Waals surface area contributed by atoms with Gasteiger partial charge in [-0.1, -0.05) is 13.3 Å². The Labute approximate surface area is 117 Å². The molecule has 0 saturated heterocycles. The topological polar surface area (TPSA) is 64.2 Å². The lowest BCUT2D eigenvalue weighted by atomic mass is 10.2. The van der Waals surface area contributed by atoms with E-state index >= 15 is 0 Å². The number of amides is 1. The van der Waals surface area contributed by atoms with Crippen LogP contribution in [0.2, 0.25) is 0 Å². The van der Waals surface area contributed by atoms with Crippen molar-refractivity contribution in [3.05, 3.63) is 10.6 Å². The Hall–Kier alpha value is -1.56. The molecule has 2 aromatic heterocycles. The first-order valence-electron chi connectivity index (χ1n) is 6.44. The molecule has 6 heteroatoms. The van der Waals surface area contributed by atoms with Gasteiger partial charge in [-0.2, -0.15) is 5.10 Å². The Kier molecular flexibility index (Phi) is 3.80. The minimum absolute atomic E-state index is 0.00606. The molecule has 2 aromatic rings. The number of carbonyl (C=O) groups is 1. The zero-order valence-corrected chi connectivity index (χ0v) is 12.7. The number of nitrogen functional groups attached to an aromatic ring is 1. The second-order valence-corrected chi connectivity index (χ2v) is 5.81. The first-order chi connectivity index (χ1) is 8.97. The molecule has 0 aliphatic rings. The molecule has 2 heterocycles. The van der Waals surface area contributed by atoms with E-state index in [1.807, 2.05) is 21.0 Å². The Morgan fingerprint density at radius 2 is 2.21 bits per heavy atom. The number of aromatic nitrogens is 2. The maximum atomic E-state index is 12.4. The molecular weight excluding hydrogens is 260 g/mol. The lowest BCUT2D eigenvalue weighted by molar-refractivity contribution is 0.0799. The monoisotopic (exact) mass is 280 g/mol. The van der Waals surface area contributed by atoms with Crippen molar-refractivity contribution >= 4 is 33.1 Å². The average molecular weight is 280 g/mol. The molecule has 0 bridgehead atoms. The van der Waals surface area contributed by atoms with Gasteiger partial charge in [0.2, 0.25) is 0 Å². The van der Waals surface area contributed by atoms with E-state index in [0.717, 1.165) is 35.3 Å². The van der Waals surface area contributed by atoms with E-state index in [1.165, 1.54) is 11.3 Å². The molecule has 5 nitrogen and oxygen atoms in total. The molecule has 104 valence electrons. The van der Waals surface area contributed by atoms with Gasteiger partial charge in [0.05, 0.1) is 16.8 Å². The molecule has 0 radical (unpaired) electrons. The van der Waals surface area contributed by atoms with Crippen LogP contribution in [0.15, 0.2) is 0 Å². The summed E-state index contributed by atoms with van der Waals surface area (Å²) >= 11 is 1.43. The lowest BCUT2D eigenvalue weighted by Gasteiger charge is -2.15. The quantitative estimate of drug-likeness (QED) is 0.935. The Balaban J connectivity index is 2.38. The van der Waals surface area contributed by atoms with Gasteiger partial charge in [0.1, 0.15) is 9.71 Å². The molecule has 0 aliphatic carbocycles. The molecule has 0 atom stereocenters. The van der Waals surface area contributed by atoms with Gasteiger partial charge < -0.3 is 10.6 Å². The number of aryl methyl sites for hydroxylation is 2. The summed E-state index contributed by atoms with van der Waals surface area (Å²) in [6.45, 7) is 4.79. The largest absolute Gasteiger partial charge is 0.397 e. The highest BCUT2D eigenvalue weighted by Gasteiger charge is 2.22. The van der Waals surface area contributed by atoms with Crippen molar-refractivity contribution in [3.8, 4) is 0 Å². The Bertz CT molecular complexity index is 614. The smallest absolute Gasteiger partial charge is 0.265 e. The van der Waals surface area contributed by atoms with Crippen LogP contribution in [0.25, 0.3) is 10.2 Å². The van der Waals surface area contributed by atoms with Gasteiger partial charge in [-0.05, 0) is 13.3 Å². The van der Waals surface area contributed by atoms with Gasteiger partial charge in [0.25, 0.3) is 5.91 Å². The first-order valence-corrected chi connectivity index (χ1v) is 7.26. The molecule has 0 saturated carbocycles. The van der Waals surface area contributed by atoms with Crippen molar-refractivity contribution in [2.45, 2.75) is 26.7 Å². The fourth-order valence-corrected chi connectivity index (χ4v) is 3.34. The van der Waals surface area contributed by atoms with Crippen molar-refractivity contribution < 1.29 is 4.79 Å². The molecular formula is C13H20N4OS. The van der Waals surface area contributed by atoms with Crippen LogP contribution in [0.1, 0.15) is 35.1 Å². The van der Waals surface area contributed by atoms with E-state index in [-0.39, 0.29) is 5.91 Å². The van der Waals surface area contributed by atoms with Crippen LogP contribution in [-0.4, -0.2) is 34.2 Å². The van der Waals surface area contributed by atoms with E-state index in [9.17, 15) is 4.79 Å². The highest BCUT2D eigenvalue weighted by molar-refractivity contribution is 7.21. The van der Waals surface area contributed by atoms with Gasteiger partial charge in [-0.3, -0.25) is 9.48 Å². The summed E-state index contributed by atoms with van der Waals surface area (Å²) in [6.07, 6.45) is 2.08. The molecule has 0 fully saturated rings. The number of nitrogens with two attached hydrogens (primary N) is 1. The van der Waals surface area contributed by atoms with E-state index in [1.54, 1.807) is 9.58 Å². The maximum Gasteiger partial charge on any atom is 0.265 e. The third-order valence-corrected chi connectivity index (χ3v) is 4.53. The van der Waals surface area contributed by atoms with Crippen molar-refractivity contribution in [1.82, 2.24) is 14.7 Å². The number of fused-ring (bicyclic) bond motifs is 1. The number of rotatable bonds is 4. The van der Waals surface area contributed by atoms with E-state index in [0.29, 0.717) is 10.6 Å². The summed E-state index contributed by atoms with van der Waals surface area (Å²) in [4.78, 5) is 15.7. The van der Waals surface area contributed by atoms with E-state index in [4.69, 9.17) is 5.73 Å². The number of unbranched alkanes of at least 4 members (excludes halogenated alkanes) is 1. The molecule has 0 spiro atoms. The predicted molar refractivity (Wildman–Crippen MR) is 79.6 cm³/mol. The fraction of sp³-hybridized carbons (Fsp3) is 0.538. The predicted octanol–water partition coefficient (Wildman–Crippen LogP) is 2.40. The summed E-state index contributed by atoms with van der Waals surface area (Å²) in [6, 6.07) is 0. The van der Waals surface area contributed by atoms with Gasteiger partial charge in [0, 0.05) is 20.6 Å².